The maximum atomic E-state index is 4.84. The summed E-state index contributed by atoms with van der Waals surface area (Å²) >= 11 is 0. The quantitative estimate of drug-likeness (QED) is 0.201. The van der Waals surface area contributed by atoms with Crippen LogP contribution in [-0.4, -0.2) is 13.2 Å². The minimum atomic E-state index is 0.540. The predicted octanol–water partition coefficient (Wildman–Crippen LogP) is 5.52. The van der Waals surface area contributed by atoms with E-state index in [0.717, 1.165) is 19.3 Å². The lowest BCUT2D eigenvalue weighted by Gasteiger charge is -2.03. The minimum absolute atomic E-state index is 0.540. The monoisotopic (exact) mass is 290 g/mol. The minimum Gasteiger partial charge on any atom is -0.204 e. The number of hydrogen-bond donors (Lipinski definition) is 0. The van der Waals surface area contributed by atoms with Gasteiger partial charge >= 0.3 is 0 Å². The summed E-state index contributed by atoms with van der Waals surface area (Å²) in [4.78, 5) is 9.57. The Labute approximate surface area is 124 Å². The molecule has 0 aliphatic rings. The molecule has 0 radical (unpaired) electrons. The molecule has 0 N–H and O–H groups in total. The van der Waals surface area contributed by atoms with Gasteiger partial charge in [-0.05, 0) is 22.9 Å². The van der Waals surface area contributed by atoms with E-state index in [2.05, 4.69) is 23.9 Å². The fourth-order valence-corrected chi connectivity index (χ4v) is 1.96. The van der Waals surface area contributed by atoms with E-state index in [0.29, 0.717) is 13.2 Å². The average molecular weight is 290 g/mol. The molecule has 0 aromatic rings. The molecule has 0 spiro atoms. The van der Waals surface area contributed by atoms with Crippen molar-refractivity contribution in [1.82, 2.24) is 0 Å². The molecule has 0 amide bonds. The molecular formula is C16H34O4. The van der Waals surface area contributed by atoms with Crippen LogP contribution in [0.25, 0.3) is 0 Å². The summed E-state index contributed by atoms with van der Waals surface area (Å²) in [5.41, 5.74) is 0. The van der Waals surface area contributed by atoms with Crippen molar-refractivity contribution in [2.45, 2.75) is 90.9 Å². The first-order chi connectivity index (χ1) is 9.91. The van der Waals surface area contributed by atoms with Crippen molar-refractivity contribution in [2.24, 2.45) is 0 Å². The highest BCUT2D eigenvalue weighted by atomic mass is 17.7. The molecule has 0 rings (SSSR count). The van der Waals surface area contributed by atoms with Crippen LogP contribution < -0.4 is 0 Å². The maximum Gasteiger partial charge on any atom is 0.0854 e. The van der Waals surface area contributed by atoms with Gasteiger partial charge in [-0.15, -0.1) is 0 Å². The molecule has 122 valence electrons. The SMILES string of the molecule is CCCCCCCCCCCCOOOOCCCC. The topological polar surface area (TPSA) is 36.9 Å². The van der Waals surface area contributed by atoms with Gasteiger partial charge in [-0.2, -0.15) is 0 Å². The Morgan fingerprint density at radius 2 is 0.850 bits per heavy atom. The lowest BCUT2D eigenvalue weighted by Crippen LogP contribution is -2.01. The third-order valence-electron chi connectivity index (χ3n) is 3.29. The van der Waals surface area contributed by atoms with E-state index < -0.39 is 0 Å². The summed E-state index contributed by atoms with van der Waals surface area (Å²) in [5, 5.41) is 8.85. The summed E-state index contributed by atoms with van der Waals surface area (Å²) in [6, 6.07) is 0. The molecule has 0 fully saturated rings. The van der Waals surface area contributed by atoms with Crippen LogP contribution in [0.3, 0.4) is 0 Å². The molecule has 0 saturated heterocycles. The van der Waals surface area contributed by atoms with Gasteiger partial charge in [0, 0.05) is 0 Å². The van der Waals surface area contributed by atoms with Crippen LogP contribution in [0.15, 0.2) is 0 Å². The standard InChI is InChI=1S/C16H34O4/c1-3-5-7-8-9-10-11-12-13-14-16-18-20-19-17-15-6-4-2/h3-16H2,1-2H3. The second-order valence-corrected chi connectivity index (χ2v) is 5.32. The van der Waals surface area contributed by atoms with Gasteiger partial charge in [0.1, 0.15) is 0 Å². The van der Waals surface area contributed by atoms with E-state index >= 15 is 0 Å². The Morgan fingerprint density at radius 3 is 1.35 bits per heavy atom. The maximum absolute atomic E-state index is 4.84. The smallest absolute Gasteiger partial charge is 0.0854 e. The van der Waals surface area contributed by atoms with Crippen LogP contribution in [0.1, 0.15) is 90.9 Å². The van der Waals surface area contributed by atoms with Crippen LogP contribution in [0, 0.1) is 0 Å². The van der Waals surface area contributed by atoms with Crippen LogP contribution >= 0.6 is 0 Å². The Morgan fingerprint density at radius 1 is 0.450 bits per heavy atom. The van der Waals surface area contributed by atoms with E-state index in [1.807, 2.05) is 0 Å². The van der Waals surface area contributed by atoms with Crippen molar-refractivity contribution < 1.29 is 19.9 Å². The average Bonchev–Trinajstić information content (AvgIpc) is 2.47. The second kappa shape index (κ2) is 18.8. The van der Waals surface area contributed by atoms with Crippen molar-refractivity contribution in [1.29, 1.82) is 0 Å². The van der Waals surface area contributed by atoms with Crippen LogP contribution in [0.2, 0.25) is 0 Å². The van der Waals surface area contributed by atoms with Gasteiger partial charge in [-0.25, -0.2) is 9.78 Å². The van der Waals surface area contributed by atoms with Crippen molar-refractivity contribution in [3.05, 3.63) is 0 Å². The highest BCUT2D eigenvalue weighted by Crippen LogP contribution is 2.10. The summed E-state index contributed by atoms with van der Waals surface area (Å²) in [7, 11) is 0. The van der Waals surface area contributed by atoms with E-state index in [1.165, 1.54) is 57.8 Å². The van der Waals surface area contributed by atoms with Gasteiger partial charge < -0.3 is 0 Å². The molecule has 0 aliphatic carbocycles. The Hall–Kier alpha value is -0.160. The number of unbranched alkanes of at least 4 members (excludes halogenated alkanes) is 10. The first kappa shape index (κ1) is 19.8. The van der Waals surface area contributed by atoms with Crippen molar-refractivity contribution in [2.75, 3.05) is 13.2 Å². The number of hydrogen-bond acceptors (Lipinski definition) is 4. The molecule has 0 unspecified atom stereocenters. The lowest BCUT2D eigenvalue weighted by atomic mass is 10.1. The van der Waals surface area contributed by atoms with Gasteiger partial charge in [0.15, 0.2) is 0 Å². The molecular weight excluding hydrogens is 256 g/mol. The van der Waals surface area contributed by atoms with Crippen LogP contribution in [-0.2, 0) is 19.9 Å². The van der Waals surface area contributed by atoms with Gasteiger partial charge in [-0.3, -0.25) is 0 Å². The molecule has 4 heteroatoms. The lowest BCUT2D eigenvalue weighted by molar-refractivity contribution is -0.634. The molecule has 0 bridgehead atoms. The van der Waals surface area contributed by atoms with Crippen molar-refractivity contribution >= 4 is 0 Å². The van der Waals surface area contributed by atoms with Crippen LogP contribution in [0.4, 0.5) is 0 Å². The summed E-state index contributed by atoms with van der Waals surface area (Å²) in [5.74, 6) is 0. The zero-order chi connectivity index (χ0) is 14.7. The Kier molecular flexibility index (Phi) is 18.7. The molecule has 0 aliphatic heterocycles. The van der Waals surface area contributed by atoms with Gasteiger partial charge in [-0.1, -0.05) is 78.1 Å². The first-order valence-electron chi connectivity index (χ1n) is 8.49. The van der Waals surface area contributed by atoms with Gasteiger partial charge in [0.05, 0.1) is 13.2 Å². The Balaban J connectivity index is 2.89. The molecule has 0 aromatic heterocycles. The van der Waals surface area contributed by atoms with E-state index in [1.54, 1.807) is 0 Å². The zero-order valence-corrected chi connectivity index (χ0v) is 13.5. The summed E-state index contributed by atoms with van der Waals surface area (Å²) < 4.78 is 0. The molecule has 20 heavy (non-hydrogen) atoms. The Bertz CT molecular complexity index is 147. The summed E-state index contributed by atoms with van der Waals surface area (Å²) in [6.07, 6.45) is 15.1. The second-order valence-electron chi connectivity index (χ2n) is 5.32. The third kappa shape index (κ3) is 17.8. The van der Waals surface area contributed by atoms with Crippen molar-refractivity contribution in [3.8, 4) is 0 Å². The zero-order valence-electron chi connectivity index (χ0n) is 13.5. The molecule has 0 heterocycles. The highest BCUT2D eigenvalue weighted by Gasteiger charge is 1.94. The predicted molar refractivity (Wildman–Crippen MR) is 80.8 cm³/mol. The third-order valence-corrected chi connectivity index (χ3v) is 3.29. The number of rotatable bonds is 17. The molecule has 4 nitrogen and oxygen atoms in total. The molecule has 0 atom stereocenters. The summed E-state index contributed by atoms with van der Waals surface area (Å²) in [6.45, 7) is 5.45. The van der Waals surface area contributed by atoms with E-state index in [-0.39, 0.29) is 0 Å². The largest absolute Gasteiger partial charge is 0.204 e. The van der Waals surface area contributed by atoms with Gasteiger partial charge in [0.2, 0.25) is 0 Å². The van der Waals surface area contributed by atoms with Crippen LogP contribution in [0.5, 0.6) is 0 Å². The molecule has 0 aromatic carbocycles. The van der Waals surface area contributed by atoms with Gasteiger partial charge in [0.25, 0.3) is 0 Å². The fourth-order valence-electron chi connectivity index (χ4n) is 1.96. The van der Waals surface area contributed by atoms with Crippen molar-refractivity contribution in [3.63, 3.8) is 0 Å². The van der Waals surface area contributed by atoms with E-state index in [9.17, 15) is 0 Å². The van der Waals surface area contributed by atoms with E-state index in [4.69, 9.17) is 9.78 Å². The normalized spacial score (nSPS) is 11.1. The highest BCUT2D eigenvalue weighted by molar-refractivity contribution is 4.46. The molecule has 0 saturated carbocycles. The first-order valence-corrected chi connectivity index (χ1v) is 8.49. The fraction of sp³-hybridized carbons (Fsp3) is 1.00.